The third kappa shape index (κ3) is 4.30. The standard InChI is InChI=1S/C29H28F2N4O2/c1-37-29(36)27-14-21-20-6-2-3-7-24(20)34-28(21)26-13-19(33-16-17-5-4-10-32-15-17)12-25(35(26)27)18-8-9-22(30)23(31)11-18/h2-11,15,19,25-27,33-34H,12-14,16H2,1H3. The molecule has 4 atom stereocenters. The Hall–Kier alpha value is -3.62. The zero-order valence-electron chi connectivity index (χ0n) is 20.5. The Kier molecular flexibility index (Phi) is 6.22. The van der Waals surface area contributed by atoms with Crippen molar-refractivity contribution in [3.63, 3.8) is 0 Å². The van der Waals surface area contributed by atoms with Crippen molar-refractivity contribution in [3.05, 3.63) is 101 Å². The molecule has 0 spiro atoms. The normalized spacial score (nSPS) is 23.4. The minimum Gasteiger partial charge on any atom is -0.468 e. The van der Waals surface area contributed by atoms with Gasteiger partial charge in [0.25, 0.3) is 0 Å². The molecule has 0 saturated carbocycles. The first-order chi connectivity index (χ1) is 18.0. The van der Waals surface area contributed by atoms with Crippen LogP contribution in [0, 0.1) is 11.6 Å². The molecule has 0 bridgehead atoms. The van der Waals surface area contributed by atoms with Crippen molar-refractivity contribution >= 4 is 16.9 Å². The SMILES string of the molecule is COC(=O)C1Cc2c([nH]c3ccccc23)C2CC(NCc3cccnc3)CC(c3ccc(F)c(F)c3)N12. The number of aromatic nitrogens is 2. The maximum Gasteiger partial charge on any atom is 0.323 e. The van der Waals surface area contributed by atoms with Gasteiger partial charge in [0.2, 0.25) is 0 Å². The Morgan fingerprint density at radius 3 is 2.73 bits per heavy atom. The number of para-hydroxylation sites is 1. The van der Waals surface area contributed by atoms with Gasteiger partial charge >= 0.3 is 5.97 Å². The van der Waals surface area contributed by atoms with Crippen LogP contribution in [0.5, 0.6) is 0 Å². The van der Waals surface area contributed by atoms with Gasteiger partial charge in [0.05, 0.1) is 13.2 Å². The molecule has 2 aliphatic rings. The molecule has 37 heavy (non-hydrogen) atoms. The number of hydrogen-bond acceptors (Lipinski definition) is 5. The molecule has 6 nitrogen and oxygen atoms in total. The summed E-state index contributed by atoms with van der Waals surface area (Å²) in [5.74, 6) is -2.10. The number of methoxy groups -OCH3 is 1. The number of nitrogens with one attached hydrogen (secondary N) is 2. The fourth-order valence-corrected chi connectivity index (χ4v) is 6.12. The van der Waals surface area contributed by atoms with Crippen molar-refractivity contribution < 1.29 is 18.3 Å². The van der Waals surface area contributed by atoms with Crippen LogP contribution in [0.2, 0.25) is 0 Å². The lowest BCUT2D eigenvalue weighted by molar-refractivity contribution is -0.152. The van der Waals surface area contributed by atoms with Crippen molar-refractivity contribution in [2.45, 2.75) is 50.0 Å². The van der Waals surface area contributed by atoms with Crippen LogP contribution in [-0.2, 0) is 22.5 Å². The van der Waals surface area contributed by atoms with Crippen LogP contribution in [0.25, 0.3) is 10.9 Å². The number of hydrogen-bond donors (Lipinski definition) is 2. The van der Waals surface area contributed by atoms with Crippen LogP contribution in [0.15, 0.2) is 67.0 Å². The number of piperidine rings is 1. The topological polar surface area (TPSA) is 70.2 Å². The number of carbonyl (C=O) groups excluding carboxylic acids is 1. The van der Waals surface area contributed by atoms with E-state index in [1.54, 1.807) is 12.3 Å². The highest BCUT2D eigenvalue weighted by Gasteiger charge is 2.48. The number of rotatable bonds is 5. The second-order valence-electron chi connectivity index (χ2n) is 9.87. The quantitative estimate of drug-likeness (QED) is 0.377. The summed E-state index contributed by atoms with van der Waals surface area (Å²) >= 11 is 0. The van der Waals surface area contributed by atoms with E-state index in [9.17, 15) is 13.6 Å². The third-order valence-electron chi connectivity index (χ3n) is 7.79. The van der Waals surface area contributed by atoms with Gasteiger partial charge in [-0.05, 0) is 53.8 Å². The summed E-state index contributed by atoms with van der Waals surface area (Å²) in [4.78, 5) is 23.1. The summed E-state index contributed by atoms with van der Waals surface area (Å²) in [6.07, 6.45) is 5.43. The van der Waals surface area contributed by atoms with Gasteiger partial charge < -0.3 is 15.0 Å². The van der Waals surface area contributed by atoms with Gasteiger partial charge in [-0.15, -0.1) is 0 Å². The molecule has 4 heterocycles. The number of ether oxygens (including phenoxy) is 1. The summed E-state index contributed by atoms with van der Waals surface area (Å²) in [6, 6.07) is 15.1. The second-order valence-corrected chi connectivity index (χ2v) is 9.87. The molecule has 6 rings (SSSR count). The van der Waals surface area contributed by atoms with Crippen molar-refractivity contribution in [1.82, 2.24) is 20.2 Å². The number of halogens is 2. The van der Waals surface area contributed by atoms with Crippen molar-refractivity contribution in [1.29, 1.82) is 0 Å². The van der Waals surface area contributed by atoms with Gasteiger partial charge in [-0.2, -0.15) is 0 Å². The molecular weight excluding hydrogens is 474 g/mol. The van der Waals surface area contributed by atoms with E-state index in [1.165, 1.54) is 13.2 Å². The van der Waals surface area contributed by atoms with Crippen LogP contribution in [0.3, 0.4) is 0 Å². The van der Waals surface area contributed by atoms with E-state index in [4.69, 9.17) is 4.74 Å². The lowest BCUT2D eigenvalue weighted by atomic mass is 9.79. The third-order valence-corrected chi connectivity index (χ3v) is 7.79. The Morgan fingerprint density at radius 2 is 1.95 bits per heavy atom. The Bertz CT molecular complexity index is 1440. The molecule has 2 aliphatic heterocycles. The first-order valence-corrected chi connectivity index (χ1v) is 12.6. The van der Waals surface area contributed by atoms with E-state index in [2.05, 4.69) is 26.3 Å². The number of carbonyl (C=O) groups is 1. The molecule has 4 unspecified atom stereocenters. The molecule has 8 heteroatoms. The second kappa shape index (κ2) is 9.68. The average molecular weight is 503 g/mol. The Morgan fingerprint density at radius 1 is 1.11 bits per heavy atom. The molecule has 0 radical (unpaired) electrons. The lowest BCUT2D eigenvalue weighted by Gasteiger charge is -2.50. The van der Waals surface area contributed by atoms with E-state index >= 15 is 0 Å². The molecule has 2 aromatic carbocycles. The number of aromatic amines is 1. The molecular formula is C29H28F2N4O2. The minimum absolute atomic E-state index is 0.0650. The van der Waals surface area contributed by atoms with Gasteiger partial charge in [-0.3, -0.25) is 14.7 Å². The summed E-state index contributed by atoms with van der Waals surface area (Å²) < 4.78 is 33.5. The zero-order valence-corrected chi connectivity index (χ0v) is 20.5. The highest BCUT2D eigenvalue weighted by molar-refractivity contribution is 5.87. The summed E-state index contributed by atoms with van der Waals surface area (Å²) in [6.45, 7) is 0.635. The first kappa shape index (κ1) is 23.8. The van der Waals surface area contributed by atoms with Crippen LogP contribution in [0.4, 0.5) is 8.78 Å². The minimum atomic E-state index is -0.891. The van der Waals surface area contributed by atoms with Crippen LogP contribution >= 0.6 is 0 Å². The van der Waals surface area contributed by atoms with Crippen LogP contribution in [-0.4, -0.2) is 40.0 Å². The summed E-state index contributed by atoms with van der Waals surface area (Å²) in [5.41, 5.74) is 4.92. The highest BCUT2D eigenvalue weighted by atomic mass is 19.2. The molecule has 2 N–H and O–H groups in total. The predicted octanol–water partition coefficient (Wildman–Crippen LogP) is 4.98. The molecule has 1 fully saturated rings. The number of fused-ring (bicyclic) bond motifs is 5. The van der Waals surface area contributed by atoms with Crippen molar-refractivity contribution in [2.75, 3.05) is 7.11 Å². The van der Waals surface area contributed by atoms with E-state index in [-0.39, 0.29) is 24.1 Å². The maximum absolute atomic E-state index is 14.4. The number of nitrogens with zero attached hydrogens (tertiary/aromatic N) is 2. The largest absolute Gasteiger partial charge is 0.468 e. The fourth-order valence-electron chi connectivity index (χ4n) is 6.12. The van der Waals surface area contributed by atoms with Gasteiger partial charge in [-0.1, -0.05) is 30.3 Å². The predicted molar refractivity (Wildman–Crippen MR) is 136 cm³/mol. The van der Waals surface area contributed by atoms with Gasteiger partial charge in [0.1, 0.15) is 6.04 Å². The summed E-state index contributed by atoms with van der Waals surface area (Å²) in [5, 5.41) is 4.75. The van der Waals surface area contributed by atoms with E-state index in [0.29, 0.717) is 24.9 Å². The van der Waals surface area contributed by atoms with Crippen molar-refractivity contribution in [3.8, 4) is 0 Å². The molecule has 1 saturated heterocycles. The van der Waals surface area contributed by atoms with E-state index in [0.717, 1.165) is 40.2 Å². The smallest absolute Gasteiger partial charge is 0.323 e. The molecule has 190 valence electrons. The van der Waals surface area contributed by atoms with Crippen LogP contribution < -0.4 is 5.32 Å². The molecule has 2 aromatic heterocycles. The van der Waals surface area contributed by atoms with Crippen molar-refractivity contribution in [2.24, 2.45) is 0 Å². The zero-order chi connectivity index (χ0) is 25.5. The summed E-state index contributed by atoms with van der Waals surface area (Å²) in [7, 11) is 1.40. The lowest BCUT2D eigenvalue weighted by Crippen LogP contribution is -2.55. The van der Waals surface area contributed by atoms with E-state index < -0.39 is 17.7 Å². The van der Waals surface area contributed by atoms with Crippen LogP contribution in [0.1, 0.15) is 47.3 Å². The number of esters is 1. The van der Waals surface area contributed by atoms with Gasteiger partial charge in [0.15, 0.2) is 11.6 Å². The number of benzene rings is 2. The highest BCUT2D eigenvalue weighted by Crippen LogP contribution is 2.49. The van der Waals surface area contributed by atoms with E-state index in [1.807, 2.05) is 36.5 Å². The fraction of sp³-hybridized carbons (Fsp3) is 0.310. The number of H-pyrrole nitrogens is 1. The van der Waals surface area contributed by atoms with Gasteiger partial charge in [-0.25, -0.2) is 8.78 Å². The molecule has 0 amide bonds. The molecule has 4 aromatic rings. The maximum atomic E-state index is 14.4. The molecule has 0 aliphatic carbocycles. The average Bonchev–Trinajstić information content (AvgIpc) is 3.31. The van der Waals surface area contributed by atoms with Gasteiger partial charge in [0, 0.05) is 54.0 Å². The first-order valence-electron chi connectivity index (χ1n) is 12.6. The monoisotopic (exact) mass is 502 g/mol. The number of pyridine rings is 1. The Labute approximate surface area is 213 Å². The Balaban J connectivity index is 1.44.